The van der Waals surface area contributed by atoms with E-state index in [0.29, 0.717) is 11.2 Å². The van der Waals surface area contributed by atoms with Gasteiger partial charge >= 0.3 is 0 Å². The van der Waals surface area contributed by atoms with Crippen LogP contribution in [0.5, 0.6) is 0 Å². The van der Waals surface area contributed by atoms with E-state index in [2.05, 4.69) is 5.32 Å². The summed E-state index contributed by atoms with van der Waals surface area (Å²) in [7, 11) is 0. The molecule has 1 aliphatic rings. The number of fused-ring (bicyclic) bond motifs is 3. The summed E-state index contributed by atoms with van der Waals surface area (Å²) in [5, 5.41) is 3.73. The van der Waals surface area contributed by atoms with Gasteiger partial charge in [0.1, 0.15) is 17.2 Å². The summed E-state index contributed by atoms with van der Waals surface area (Å²) < 4.78 is 1.55. The van der Waals surface area contributed by atoms with E-state index < -0.39 is 0 Å². The fraction of sp³-hybridized carbons (Fsp3) is 0.269. The maximum absolute atomic E-state index is 13.7. The number of amides is 1. The summed E-state index contributed by atoms with van der Waals surface area (Å²) in [6, 6.07) is 19.3. The Bertz CT molecular complexity index is 1330. The molecule has 0 fully saturated rings. The first-order valence-electron chi connectivity index (χ1n) is 11.1. The molecule has 0 bridgehead atoms. The average molecular weight is 444 g/mol. The molecule has 1 N–H and O–H groups in total. The first-order chi connectivity index (χ1) is 15.6. The third-order valence-corrected chi connectivity index (χ3v) is 7.27. The standard InChI is InChI=1S/C26H25N3O2S/c1-17(18-10-4-2-5-11-18)27-22(30)16-29-24(19-12-6-3-7-13-19)28-25-23(26(29)31)20-14-8-9-15-21(20)32-25/h2-7,10-13,17H,8-9,14-16H2,1H3,(H,27,30). The molecule has 1 amide bonds. The number of hydrogen-bond acceptors (Lipinski definition) is 4. The van der Waals surface area contributed by atoms with Crippen molar-refractivity contribution in [1.29, 1.82) is 0 Å². The SMILES string of the molecule is CC(NC(=O)Cn1c(-c2ccccc2)nc2sc3c(c2c1=O)CCCC3)c1ccccc1. The molecule has 0 saturated heterocycles. The molecule has 5 nitrogen and oxygen atoms in total. The third-order valence-electron chi connectivity index (χ3n) is 6.09. The van der Waals surface area contributed by atoms with Gasteiger partial charge in [0, 0.05) is 10.4 Å². The first-order valence-corrected chi connectivity index (χ1v) is 11.9. The van der Waals surface area contributed by atoms with Gasteiger partial charge in [-0.05, 0) is 43.7 Å². The molecule has 2 aromatic carbocycles. The number of nitrogens with one attached hydrogen (secondary N) is 1. The van der Waals surface area contributed by atoms with Crippen molar-refractivity contribution in [1.82, 2.24) is 14.9 Å². The van der Waals surface area contributed by atoms with E-state index in [1.807, 2.05) is 67.6 Å². The van der Waals surface area contributed by atoms with Crippen LogP contribution in [0.15, 0.2) is 65.5 Å². The Morgan fingerprint density at radius 2 is 1.75 bits per heavy atom. The molecular weight excluding hydrogens is 418 g/mol. The second-order valence-electron chi connectivity index (χ2n) is 8.28. The van der Waals surface area contributed by atoms with E-state index in [0.717, 1.165) is 47.2 Å². The van der Waals surface area contributed by atoms with Crippen LogP contribution in [-0.2, 0) is 24.2 Å². The molecule has 6 heteroatoms. The Hall–Kier alpha value is -3.25. The van der Waals surface area contributed by atoms with Crippen LogP contribution < -0.4 is 10.9 Å². The highest BCUT2D eigenvalue weighted by atomic mass is 32.1. The molecule has 1 unspecified atom stereocenters. The van der Waals surface area contributed by atoms with Gasteiger partial charge in [-0.25, -0.2) is 4.98 Å². The summed E-state index contributed by atoms with van der Waals surface area (Å²) >= 11 is 1.63. The monoisotopic (exact) mass is 443 g/mol. The first kappa shape index (κ1) is 20.6. The van der Waals surface area contributed by atoms with Gasteiger partial charge in [0.2, 0.25) is 5.91 Å². The molecule has 2 heterocycles. The van der Waals surface area contributed by atoms with Gasteiger partial charge in [-0.2, -0.15) is 0 Å². The van der Waals surface area contributed by atoms with E-state index >= 15 is 0 Å². The summed E-state index contributed by atoms with van der Waals surface area (Å²) in [5.41, 5.74) is 2.88. The normalized spacial score (nSPS) is 14.2. The molecule has 0 radical (unpaired) electrons. The molecule has 1 atom stereocenters. The maximum Gasteiger partial charge on any atom is 0.263 e. The van der Waals surface area contributed by atoms with Crippen LogP contribution in [0.3, 0.4) is 0 Å². The number of carbonyl (C=O) groups excluding carboxylic acids is 1. The molecular formula is C26H25N3O2S. The molecule has 32 heavy (non-hydrogen) atoms. The van der Waals surface area contributed by atoms with Crippen molar-refractivity contribution in [3.8, 4) is 11.4 Å². The lowest BCUT2D eigenvalue weighted by Gasteiger charge is -2.17. The zero-order valence-corrected chi connectivity index (χ0v) is 18.8. The summed E-state index contributed by atoms with van der Waals surface area (Å²) in [6.45, 7) is 1.89. The van der Waals surface area contributed by atoms with Crippen molar-refractivity contribution >= 4 is 27.5 Å². The van der Waals surface area contributed by atoms with Gasteiger partial charge in [-0.3, -0.25) is 14.2 Å². The third kappa shape index (κ3) is 3.86. The Kier molecular flexibility index (Phi) is 5.62. The van der Waals surface area contributed by atoms with Crippen molar-refractivity contribution < 1.29 is 4.79 Å². The molecule has 2 aromatic heterocycles. The Morgan fingerprint density at radius 1 is 1.06 bits per heavy atom. The van der Waals surface area contributed by atoms with Crippen molar-refractivity contribution in [2.24, 2.45) is 0 Å². The lowest BCUT2D eigenvalue weighted by atomic mass is 9.97. The number of nitrogens with zero attached hydrogens (tertiary/aromatic N) is 2. The fourth-order valence-corrected chi connectivity index (χ4v) is 5.70. The van der Waals surface area contributed by atoms with E-state index in [4.69, 9.17) is 4.98 Å². The second kappa shape index (κ2) is 8.71. The number of benzene rings is 2. The van der Waals surface area contributed by atoms with Crippen molar-refractivity contribution in [2.45, 2.75) is 45.2 Å². The van der Waals surface area contributed by atoms with E-state index in [9.17, 15) is 9.59 Å². The number of aromatic nitrogens is 2. The van der Waals surface area contributed by atoms with Gasteiger partial charge in [0.05, 0.1) is 11.4 Å². The molecule has 4 aromatic rings. The quantitative estimate of drug-likeness (QED) is 0.478. The molecule has 0 spiro atoms. The zero-order valence-electron chi connectivity index (χ0n) is 18.0. The molecule has 5 rings (SSSR count). The van der Waals surface area contributed by atoms with Crippen molar-refractivity contribution in [3.05, 3.63) is 87.0 Å². The van der Waals surface area contributed by atoms with Crippen molar-refractivity contribution in [2.75, 3.05) is 0 Å². The Labute approximate surface area is 190 Å². The van der Waals surface area contributed by atoms with E-state index in [1.54, 1.807) is 15.9 Å². The average Bonchev–Trinajstić information content (AvgIpc) is 3.20. The summed E-state index contributed by atoms with van der Waals surface area (Å²) in [4.78, 5) is 33.7. The molecule has 1 aliphatic carbocycles. The van der Waals surface area contributed by atoms with Crippen LogP contribution in [0.25, 0.3) is 21.6 Å². The van der Waals surface area contributed by atoms with Gasteiger partial charge in [0.15, 0.2) is 0 Å². The Balaban J connectivity index is 1.56. The minimum Gasteiger partial charge on any atom is -0.348 e. The molecule has 0 aliphatic heterocycles. The predicted molar refractivity (Wildman–Crippen MR) is 129 cm³/mol. The molecule has 162 valence electrons. The minimum atomic E-state index is -0.203. The summed E-state index contributed by atoms with van der Waals surface area (Å²) in [6.07, 6.45) is 4.16. The van der Waals surface area contributed by atoms with Gasteiger partial charge < -0.3 is 5.32 Å². The molecule has 0 saturated carbocycles. The fourth-order valence-electron chi connectivity index (χ4n) is 4.45. The Morgan fingerprint density at radius 3 is 2.50 bits per heavy atom. The zero-order chi connectivity index (χ0) is 22.1. The number of aryl methyl sites for hydroxylation is 2. The van der Waals surface area contributed by atoms with Crippen LogP contribution in [0.1, 0.15) is 41.8 Å². The number of carbonyl (C=O) groups is 1. The maximum atomic E-state index is 13.7. The number of hydrogen-bond donors (Lipinski definition) is 1. The number of rotatable bonds is 5. The number of thiophene rings is 1. The van der Waals surface area contributed by atoms with Crippen LogP contribution in [0.4, 0.5) is 0 Å². The highest BCUT2D eigenvalue weighted by molar-refractivity contribution is 7.18. The minimum absolute atomic E-state index is 0.0617. The van der Waals surface area contributed by atoms with Gasteiger partial charge in [-0.1, -0.05) is 60.7 Å². The van der Waals surface area contributed by atoms with Crippen LogP contribution in [0.2, 0.25) is 0 Å². The highest BCUT2D eigenvalue weighted by Crippen LogP contribution is 2.34. The van der Waals surface area contributed by atoms with Gasteiger partial charge in [0.25, 0.3) is 5.56 Å². The largest absolute Gasteiger partial charge is 0.348 e. The lowest BCUT2D eigenvalue weighted by Crippen LogP contribution is -2.35. The lowest BCUT2D eigenvalue weighted by molar-refractivity contribution is -0.122. The second-order valence-corrected chi connectivity index (χ2v) is 9.37. The highest BCUT2D eigenvalue weighted by Gasteiger charge is 2.23. The van der Waals surface area contributed by atoms with Crippen LogP contribution in [-0.4, -0.2) is 15.5 Å². The summed E-state index contributed by atoms with van der Waals surface area (Å²) in [5.74, 6) is 0.343. The topological polar surface area (TPSA) is 64.0 Å². The van der Waals surface area contributed by atoms with Crippen LogP contribution >= 0.6 is 11.3 Å². The van der Waals surface area contributed by atoms with Crippen molar-refractivity contribution in [3.63, 3.8) is 0 Å². The predicted octanol–water partition coefficient (Wildman–Crippen LogP) is 4.88. The van der Waals surface area contributed by atoms with Gasteiger partial charge in [-0.15, -0.1) is 11.3 Å². The smallest absolute Gasteiger partial charge is 0.263 e. The van der Waals surface area contributed by atoms with E-state index in [1.165, 1.54) is 4.88 Å². The van der Waals surface area contributed by atoms with E-state index in [-0.39, 0.29) is 24.1 Å². The van der Waals surface area contributed by atoms with Crippen LogP contribution in [0, 0.1) is 0 Å².